The zero-order valence-corrected chi connectivity index (χ0v) is 9.91. The zero-order valence-electron chi connectivity index (χ0n) is 9.91. The number of esters is 1. The van der Waals surface area contributed by atoms with E-state index in [4.69, 9.17) is 10.8 Å². The van der Waals surface area contributed by atoms with Crippen LogP contribution in [0.4, 0.5) is 5.69 Å². The summed E-state index contributed by atoms with van der Waals surface area (Å²) < 4.78 is 4.67. The van der Waals surface area contributed by atoms with Crippen molar-refractivity contribution < 1.29 is 14.6 Å². The second-order valence-electron chi connectivity index (χ2n) is 3.50. The standard InChI is InChI=1S/C13H15NO3/c1-9-11(13(16)17-2)7-10(8-12(9)14)5-3-4-6-15/h7-8,15H,4,6,14H2,1-2H3. The average Bonchev–Trinajstić information content (AvgIpc) is 2.32. The Labute approximate surface area is 100 Å². The van der Waals surface area contributed by atoms with Crippen LogP contribution in [0.1, 0.15) is 27.9 Å². The van der Waals surface area contributed by atoms with Gasteiger partial charge in [-0.15, -0.1) is 0 Å². The molecule has 4 nitrogen and oxygen atoms in total. The fourth-order valence-electron chi connectivity index (χ4n) is 1.35. The molecule has 17 heavy (non-hydrogen) atoms. The SMILES string of the molecule is COC(=O)c1cc(C#CCCO)cc(N)c1C. The first-order valence-corrected chi connectivity index (χ1v) is 5.18. The highest BCUT2D eigenvalue weighted by Crippen LogP contribution is 2.19. The van der Waals surface area contributed by atoms with E-state index >= 15 is 0 Å². The molecule has 4 heteroatoms. The summed E-state index contributed by atoms with van der Waals surface area (Å²) in [6.45, 7) is 1.77. The van der Waals surface area contributed by atoms with Crippen LogP contribution in [0.5, 0.6) is 0 Å². The highest BCUT2D eigenvalue weighted by molar-refractivity contribution is 5.93. The van der Waals surface area contributed by atoms with Crippen molar-refractivity contribution in [1.82, 2.24) is 0 Å². The Morgan fingerprint density at radius 2 is 2.24 bits per heavy atom. The molecule has 0 fully saturated rings. The third kappa shape index (κ3) is 3.23. The van der Waals surface area contributed by atoms with Gasteiger partial charge in [0.15, 0.2) is 0 Å². The Hall–Kier alpha value is -1.99. The molecule has 0 atom stereocenters. The maximum atomic E-state index is 11.5. The van der Waals surface area contributed by atoms with Crippen molar-refractivity contribution in [3.63, 3.8) is 0 Å². The summed E-state index contributed by atoms with van der Waals surface area (Å²) in [5, 5.41) is 8.62. The number of anilines is 1. The lowest BCUT2D eigenvalue weighted by Gasteiger charge is -2.07. The van der Waals surface area contributed by atoms with Crippen LogP contribution in [-0.4, -0.2) is 24.8 Å². The molecule has 3 N–H and O–H groups in total. The van der Waals surface area contributed by atoms with Gasteiger partial charge in [-0.1, -0.05) is 11.8 Å². The van der Waals surface area contributed by atoms with E-state index < -0.39 is 5.97 Å². The topological polar surface area (TPSA) is 72.5 Å². The number of nitrogen functional groups attached to an aromatic ring is 1. The molecule has 0 saturated carbocycles. The van der Waals surface area contributed by atoms with Crippen molar-refractivity contribution in [1.29, 1.82) is 0 Å². The Balaban J connectivity index is 3.16. The van der Waals surface area contributed by atoms with E-state index in [-0.39, 0.29) is 6.61 Å². The van der Waals surface area contributed by atoms with Crippen LogP contribution in [0.25, 0.3) is 0 Å². The number of hydrogen-bond donors (Lipinski definition) is 2. The van der Waals surface area contributed by atoms with Crippen molar-refractivity contribution in [3.8, 4) is 11.8 Å². The van der Waals surface area contributed by atoms with Gasteiger partial charge >= 0.3 is 5.97 Å². The zero-order chi connectivity index (χ0) is 12.8. The van der Waals surface area contributed by atoms with Crippen LogP contribution in [0.15, 0.2) is 12.1 Å². The average molecular weight is 233 g/mol. The monoisotopic (exact) mass is 233 g/mol. The van der Waals surface area contributed by atoms with Crippen molar-refractivity contribution in [3.05, 3.63) is 28.8 Å². The van der Waals surface area contributed by atoms with Crippen LogP contribution < -0.4 is 5.73 Å². The van der Waals surface area contributed by atoms with E-state index in [1.165, 1.54) is 7.11 Å². The Morgan fingerprint density at radius 3 is 2.82 bits per heavy atom. The van der Waals surface area contributed by atoms with Crippen molar-refractivity contribution in [2.24, 2.45) is 0 Å². The van der Waals surface area contributed by atoms with Crippen molar-refractivity contribution >= 4 is 11.7 Å². The molecular formula is C13H15NO3. The lowest BCUT2D eigenvalue weighted by molar-refractivity contribution is 0.0600. The molecule has 0 unspecified atom stereocenters. The van der Waals surface area contributed by atoms with Gasteiger partial charge in [-0.3, -0.25) is 0 Å². The van der Waals surface area contributed by atoms with Crippen LogP contribution in [0, 0.1) is 18.8 Å². The number of carbonyl (C=O) groups is 1. The minimum absolute atomic E-state index is 0.0121. The van der Waals surface area contributed by atoms with E-state index in [0.717, 1.165) is 0 Å². The van der Waals surface area contributed by atoms with Crippen LogP contribution >= 0.6 is 0 Å². The predicted octanol–water partition coefficient (Wildman–Crippen LogP) is 1.10. The molecule has 0 heterocycles. The summed E-state index contributed by atoms with van der Waals surface area (Å²) in [6, 6.07) is 3.34. The van der Waals surface area contributed by atoms with Gasteiger partial charge in [-0.25, -0.2) is 4.79 Å². The van der Waals surface area contributed by atoms with Crippen LogP contribution in [-0.2, 0) is 4.74 Å². The molecule has 1 aromatic carbocycles. The summed E-state index contributed by atoms with van der Waals surface area (Å²) in [4.78, 5) is 11.5. The molecule has 0 spiro atoms. The quantitative estimate of drug-likeness (QED) is 0.456. The largest absolute Gasteiger partial charge is 0.465 e. The molecule has 0 aliphatic heterocycles. The molecule has 0 radical (unpaired) electrons. The second kappa shape index (κ2) is 5.92. The number of rotatable bonds is 2. The third-order valence-electron chi connectivity index (χ3n) is 2.32. The Kier molecular flexibility index (Phi) is 4.56. The predicted molar refractivity (Wildman–Crippen MR) is 65.5 cm³/mol. The van der Waals surface area contributed by atoms with Gasteiger partial charge in [0.1, 0.15) is 0 Å². The highest BCUT2D eigenvalue weighted by Gasteiger charge is 2.12. The number of aliphatic hydroxyl groups excluding tert-OH is 1. The number of hydrogen-bond acceptors (Lipinski definition) is 4. The van der Waals surface area contributed by atoms with Gasteiger partial charge in [0.2, 0.25) is 0 Å². The fourth-order valence-corrected chi connectivity index (χ4v) is 1.35. The molecule has 0 bridgehead atoms. The molecular weight excluding hydrogens is 218 g/mol. The summed E-state index contributed by atoms with van der Waals surface area (Å²) >= 11 is 0. The molecule has 0 saturated heterocycles. The fraction of sp³-hybridized carbons (Fsp3) is 0.308. The number of methoxy groups -OCH3 is 1. The van der Waals surface area contributed by atoms with Gasteiger partial charge in [0, 0.05) is 17.7 Å². The highest BCUT2D eigenvalue weighted by atomic mass is 16.5. The lowest BCUT2D eigenvalue weighted by Crippen LogP contribution is -2.06. The van der Waals surface area contributed by atoms with E-state index in [9.17, 15) is 4.79 Å². The summed E-state index contributed by atoms with van der Waals surface area (Å²) in [7, 11) is 1.32. The van der Waals surface area contributed by atoms with Crippen molar-refractivity contribution in [2.45, 2.75) is 13.3 Å². The van der Waals surface area contributed by atoms with Crippen LogP contribution in [0.2, 0.25) is 0 Å². The van der Waals surface area contributed by atoms with Crippen LogP contribution in [0.3, 0.4) is 0 Å². The number of carbonyl (C=O) groups excluding carboxylic acids is 1. The normalized spacial score (nSPS) is 9.35. The Bertz CT molecular complexity index is 483. The van der Waals surface area contributed by atoms with Gasteiger partial charge in [0.25, 0.3) is 0 Å². The number of ether oxygens (including phenoxy) is 1. The first kappa shape index (κ1) is 13.1. The van der Waals surface area contributed by atoms with Crippen molar-refractivity contribution in [2.75, 3.05) is 19.5 Å². The van der Waals surface area contributed by atoms with E-state index in [1.807, 2.05) is 0 Å². The summed E-state index contributed by atoms with van der Waals surface area (Å²) in [5.74, 6) is 5.18. The lowest BCUT2D eigenvalue weighted by atomic mass is 10.0. The van der Waals surface area contributed by atoms with Gasteiger partial charge in [0.05, 0.1) is 19.3 Å². The third-order valence-corrected chi connectivity index (χ3v) is 2.32. The maximum Gasteiger partial charge on any atom is 0.338 e. The Morgan fingerprint density at radius 1 is 1.53 bits per heavy atom. The summed E-state index contributed by atoms with van der Waals surface area (Å²) in [5.41, 5.74) is 8.04. The van der Waals surface area contributed by atoms with Gasteiger partial charge in [-0.2, -0.15) is 0 Å². The number of benzene rings is 1. The summed E-state index contributed by atoms with van der Waals surface area (Å²) in [6.07, 6.45) is 0.390. The van der Waals surface area contributed by atoms with Gasteiger partial charge < -0.3 is 15.6 Å². The van der Waals surface area contributed by atoms with E-state index in [2.05, 4.69) is 16.6 Å². The molecule has 0 amide bonds. The molecule has 1 rings (SSSR count). The molecule has 1 aromatic rings. The number of nitrogens with two attached hydrogens (primary N) is 1. The minimum Gasteiger partial charge on any atom is -0.465 e. The molecule has 90 valence electrons. The van der Waals surface area contributed by atoms with E-state index in [0.29, 0.717) is 28.8 Å². The molecule has 0 aliphatic carbocycles. The second-order valence-corrected chi connectivity index (χ2v) is 3.50. The first-order valence-electron chi connectivity index (χ1n) is 5.18. The van der Waals surface area contributed by atoms with Gasteiger partial charge in [-0.05, 0) is 24.6 Å². The molecule has 0 aliphatic rings. The smallest absolute Gasteiger partial charge is 0.338 e. The molecule has 0 aromatic heterocycles. The first-order chi connectivity index (χ1) is 8.10. The number of aliphatic hydroxyl groups is 1. The van der Waals surface area contributed by atoms with E-state index in [1.54, 1.807) is 19.1 Å². The maximum absolute atomic E-state index is 11.5. The minimum atomic E-state index is -0.431.